The lowest BCUT2D eigenvalue weighted by Crippen LogP contribution is -2.37. The molecular weight excluding hydrogens is 322 g/mol. The Hall–Kier alpha value is -1.66. The molecule has 0 saturated carbocycles. The maximum atomic E-state index is 13.3. The van der Waals surface area contributed by atoms with Gasteiger partial charge in [-0.05, 0) is 19.4 Å². The molecule has 0 aliphatic heterocycles. The Kier molecular flexibility index (Phi) is 5.20. The molecule has 2 rings (SSSR count). The van der Waals surface area contributed by atoms with Crippen molar-refractivity contribution in [2.24, 2.45) is 7.05 Å². The molecule has 0 bridgehead atoms. The van der Waals surface area contributed by atoms with Crippen LogP contribution in [0.2, 0.25) is 0 Å². The Morgan fingerprint density at radius 2 is 1.75 bits per heavy atom. The molecule has 1 aromatic heterocycles. The average Bonchev–Trinajstić information content (AvgIpc) is 2.88. The molecule has 2 aromatic rings. The van der Waals surface area contributed by atoms with Gasteiger partial charge in [-0.1, -0.05) is 51.1 Å². The van der Waals surface area contributed by atoms with Crippen molar-refractivity contribution in [3.63, 3.8) is 0 Å². The molecule has 0 fully saturated rings. The van der Waals surface area contributed by atoms with Crippen LogP contribution in [0.1, 0.15) is 45.9 Å². The fraction of sp³-hybridized carbons (Fsp3) is 0.500. The standard InChI is InChI=1S/C18H27N3O2S/c1-14(2)21(12-15-10-8-7-9-11-15)24(22,23)16-13-20(6)19-17(16)18(3,4)5/h7-11,13-14H,12H2,1-6H3. The summed E-state index contributed by atoms with van der Waals surface area (Å²) in [7, 11) is -1.89. The van der Waals surface area contributed by atoms with E-state index in [1.165, 1.54) is 4.31 Å². The largest absolute Gasteiger partial charge is 0.274 e. The Labute approximate surface area is 145 Å². The normalized spacial score (nSPS) is 13.0. The third kappa shape index (κ3) is 3.87. The SMILES string of the molecule is CC(C)N(Cc1ccccc1)S(=O)(=O)c1cn(C)nc1C(C)(C)C. The summed E-state index contributed by atoms with van der Waals surface area (Å²) >= 11 is 0. The highest BCUT2D eigenvalue weighted by molar-refractivity contribution is 7.89. The monoisotopic (exact) mass is 349 g/mol. The summed E-state index contributed by atoms with van der Waals surface area (Å²) in [6, 6.07) is 9.51. The van der Waals surface area contributed by atoms with Crippen molar-refractivity contribution in [1.82, 2.24) is 14.1 Å². The summed E-state index contributed by atoms with van der Waals surface area (Å²) in [6.07, 6.45) is 1.61. The number of nitrogens with zero attached hydrogens (tertiary/aromatic N) is 3. The number of hydrogen-bond donors (Lipinski definition) is 0. The molecule has 1 heterocycles. The number of hydrogen-bond acceptors (Lipinski definition) is 3. The second-order valence-corrected chi connectivity index (χ2v) is 9.25. The van der Waals surface area contributed by atoms with Gasteiger partial charge in [-0.3, -0.25) is 4.68 Å². The molecule has 5 nitrogen and oxygen atoms in total. The molecule has 0 saturated heterocycles. The smallest absolute Gasteiger partial charge is 0.247 e. The molecule has 0 N–H and O–H groups in total. The summed E-state index contributed by atoms with van der Waals surface area (Å²) in [5.41, 5.74) is 1.22. The quantitative estimate of drug-likeness (QED) is 0.832. The molecule has 0 unspecified atom stereocenters. The highest BCUT2D eigenvalue weighted by Gasteiger charge is 2.34. The number of aryl methyl sites for hydroxylation is 1. The third-order valence-corrected chi connectivity index (χ3v) is 5.87. The van der Waals surface area contributed by atoms with E-state index in [1.807, 2.05) is 65.0 Å². The summed E-state index contributed by atoms with van der Waals surface area (Å²) in [5.74, 6) is 0. The average molecular weight is 350 g/mol. The molecule has 6 heteroatoms. The zero-order valence-corrected chi connectivity index (χ0v) is 16.1. The van der Waals surface area contributed by atoms with Gasteiger partial charge < -0.3 is 0 Å². The molecule has 0 aliphatic rings. The molecular formula is C18H27N3O2S. The van der Waals surface area contributed by atoms with Gasteiger partial charge >= 0.3 is 0 Å². The van der Waals surface area contributed by atoms with E-state index in [4.69, 9.17) is 0 Å². The highest BCUT2D eigenvalue weighted by Crippen LogP contribution is 2.30. The minimum Gasteiger partial charge on any atom is -0.274 e. The van der Waals surface area contributed by atoms with Crippen LogP contribution >= 0.6 is 0 Å². The van der Waals surface area contributed by atoms with E-state index in [0.29, 0.717) is 17.1 Å². The first-order valence-electron chi connectivity index (χ1n) is 8.13. The van der Waals surface area contributed by atoms with Crippen LogP contribution in [0.3, 0.4) is 0 Å². The lowest BCUT2D eigenvalue weighted by molar-refractivity contribution is 0.347. The van der Waals surface area contributed by atoms with Gasteiger partial charge in [-0.15, -0.1) is 0 Å². The van der Waals surface area contributed by atoms with E-state index in [9.17, 15) is 8.42 Å². The zero-order valence-electron chi connectivity index (χ0n) is 15.3. The Balaban J connectivity index is 2.50. The summed E-state index contributed by atoms with van der Waals surface area (Å²) in [6.45, 7) is 10.1. The summed E-state index contributed by atoms with van der Waals surface area (Å²) in [4.78, 5) is 0.294. The van der Waals surface area contributed by atoms with Gasteiger partial charge in [-0.2, -0.15) is 9.40 Å². The number of sulfonamides is 1. The molecule has 1 aromatic carbocycles. The van der Waals surface area contributed by atoms with Crippen molar-refractivity contribution >= 4 is 10.0 Å². The fourth-order valence-electron chi connectivity index (χ4n) is 2.61. The van der Waals surface area contributed by atoms with Crippen molar-refractivity contribution in [2.45, 2.75) is 57.5 Å². The first-order valence-corrected chi connectivity index (χ1v) is 9.57. The van der Waals surface area contributed by atoms with Crippen molar-refractivity contribution in [3.05, 3.63) is 47.8 Å². The van der Waals surface area contributed by atoms with Crippen LogP contribution in [0.5, 0.6) is 0 Å². The number of aromatic nitrogens is 2. The molecule has 0 spiro atoms. The van der Waals surface area contributed by atoms with Crippen LogP contribution in [0.15, 0.2) is 41.4 Å². The molecule has 0 atom stereocenters. The zero-order chi connectivity index (χ0) is 18.1. The van der Waals surface area contributed by atoms with Crippen LogP contribution in [0, 0.1) is 0 Å². The van der Waals surface area contributed by atoms with E-state index in [0.717, 1.165) is 5.56 Å². The topological polar surface area (TPSA) is 55.2 Å². The first kappa shape index (κ1) is 18.7. The van der Waals surface area contributed by atoms with Crippen molar-refractivity contribution in [3.8, 4) is 0 Å². The molecule has 0 radical (unpaired) electrons. The van der Waals surface area contributed by atoms with E-state index in [-0.39, 0.29) is 11.5 Å². The third-order valence-electron chi connectivity index (χ3n) is 3.85. The van der Waals surface area contributed by atoms with Gasteiger partial charge in [0.1, 0.15) is 4.90 Å². The predicted octanol–water partition coefficient (Wildman–Crippen LogP) is 3.32. The summed E-state index contributed by atoms with van der Waals surface area (Å²) < 4.78 is 29.8. The van der Waals surface area contributed by atoms with Gasteiger partial charge in [0.2, 0.25) is 10.0 Å². The maximum Gasteiger partial charge on any atom is 0.247 e. The van der Waals surface area contributed by atoms with Gasteiger partial charge in [-0.25, -0.2) is 8.42 Å². The lowest BCUT2D eigenvalue weighted by atomic mass is 9.92. The van der Waals surface area contributed by atoms with Crippen LogP contribution in [-0.2, 0) is 29.0 Å². The Morgan fingerprint density at radius 3 is 2.25 bits per heavy atom. The van der Waals surface area contributed by atoms with Crippen LogP contribution in [0.4, 0.5) is 0 Å². The van der Waals surface area contributed by atoms with Crippen molar-refractivity contribution in [2.75, 3.05) is 0 Å². The van der Waals surface area contributed by atoms with Crippen LogP contribution in [-0.4, -0.2) is 28.5 Å². The maximum absolute atomic E-state index is 13.3. The Bertz CT molecular complexity index is 787. The van der Waals surface area contributed by atoms with Crippen molar-refractivity contribution in [1.29, 1.82) is 0 Å². The number of benzene rings is 1. The van der Waals surface area contributed by atoms with E-state index < -0.39 is 10.0 Å². The molecule has 0 aliphatic carbocycles. The van der Waals surface area contributed by atoms with E-state index >= 15 is 0 Å². The van der Waals surface area contributed by atoms with Gasteiger partial charge in [0.15, 0.2) is 0 Å². The fourth-order valence-corrected chi connectivity index (χ4v) is 4.61. The molecule has 0 amide bonds. The van der Waals surface area contributed by atoms with Gasteiger partial charge in [0.25, 0.3) is 0 Å². The highest BCUT2D eigenvalue weighted by atomic mass is 32.2. The summed E-state index contributed by atoms with van der Waals surface area (Å²) in [5, 5.41) is 4.41. The van der Waals surface area contributed by atoms with Crippen LogP contribution < -0.4 is 0 Å². The second-order valence-electron chi connectivity index (χ2n) is 7.40. The Morgan fingerprint density at radius 1 is 1.17 bits per heavy atom. The molecule has 132 valence electrons. The van der Waals surface area contributed by atoms with Crippen LogP contribution in [0.25, 0.3) is 0 Å². The predicted molar refractivity (Wildman–Crippen MR) is 96.2 cm³/mol. The second kappa shape index (κ2) is 6.69. The minimum atomic E-state index is -3.64. The minimum absolute atomic E-state index is 0.150. The molecule has 24 heavy (non-hydrogen) atoms. The first-order chi connectivity index (χ1) is 11.0. The van der Waals surface area contributed by atoms with Gasteiger partial charge in [0.05, 0.1) is 5.69 Å². The lowest BCUT2D eigenvalue weighted by Gasteiger charge is -2.27. The number of rotatable bonds is 5. The van der Waals surface area contributed by atoms with E-state index in [1.54, 1.807) is 17.9 Å². The van der Waals surface area contributed by atoms with E-state index in [2.05, 4.69) is 5.10 Å². The van der Waals surface area contributed by atoms with Gasteiger partial charge in [0, 0.05) is 31.2 Å². The van der Waals surface area contributed by atoms with Crippen molar-refractivity contribution < 1.29 is 8.42 Å².